The van der Waals surface area contributed by atoms with Gasteiger partial charge in [-0.1, -0.05) is 25.5 Å². The SMILES string of the molecule is CCCCc1ccc(NC(=O)c2cc([NH3+])ccc2F)cc1. The fourth-order valence-corrected chi connectivity index (χ4v) is 2.08. The second kappa shape index (κ2) is 6.99. The number of quaternary nitrogens is 1. The summed E-state index contributed by atoms with van der Waals surface area (Å²) < 4.78 is 13.6. The molecule has 21 heavy (non-hydrogen) atoms. The first-order valence-corrected chi connectivity index (χ1v) is 7.12. The van der Waals surface area contributed by atoms with Crippen molar-refractivity contribution in [2.24, 2.45) is 0 Å². The van der Waals surface area contributed by atoms with Gasteiger partial charge in [-0.2, -0.15) is 0 Å². The summed E-state index contributed by atoms with van der Waals surface area (Å²) >= 11 is 0. The number of carbonyl (C=O) groups excluding carboxylic acids is 1. The molecule has 0 aliphatic carbocycles. The zero-order chi connectivity index (χ0) is 15.2. The van der Waals surface area contributed by atoms with Crippen molar-refractivity contribution >= 4 is 17.3 Å². The summed E-state index contributed by atoms with van der Waals surface area (Å²) in [7, 11) is 0. The molecule has 4 heteroatoms. The fraction of sp³-hybridized carbons (Fsp3) is 0.235. The van der Waals surface area contributed by atoms with Gasteiger partial charge in [0.05, 0.1) is 5.56 Å². The molecule has 4 N–H and O–H groups in total. The molecule has 2 aromatic carbocycles. The van der Waals surface area contributed by atoms with E-state index in [0.29, 0.717) is 11.4 Å². The minimum Gasteiger partial charge on any atom is -0.325 e. The first-order chi connectivity index (χ1) is 10.1. The van der Waals surface area contributed by atoms with Crippen LogP contribution in [0.1, 0.15) is 35.7 Å². The van der Waals surface area contributed by atoms with Crippen LogP contribution in [0.4, 0.5) is 15.8 Å². The molecule has 0 heterocycles. The number of carbonyl (C=O) groups is 1. The molecule has 0 radical (unpaired) electrons. The first kappa shape index (κ1) is 15.2. The third kappa shape index (κ3) is 4.13. The summed E-state index contributed by atoms with van der Waals surface area (Å²) in [5.74, 6) is -1.00. The molecule has 0 saturated heterocycles. The lowest BCUT2D eigenvalue weighted by molar-refractivity contribution is -0.254. The van der Waals surface area contributed by atoms with Crippen LogP contribution in [-0.2, 0) is 6.42 Å². The van der Waals surface area contributed by atoms with Gasteiger partial charge in [-0.05, 0) is 36.6 Å². The number of rotatable bonds is 5. The number of amides is 1. The van der Waals surface area contributed by atoms with E-state index >= 15 is 0 Å². The highest BCUT2D eigenvalue weighted by Gasteiger charge is 2.13. The number of hydrogen-bond acceptors (Lipinski definition) is 1. The highest BCUT2D eigenvalue weighted by atomic mass is 19.1. The van der Waals surface area contributed by atoms with Crippen molar-refractivity contribution in [2.75, 3.05) is 5.32 Å². The highest BCUT2D eigenvalue weighted by molar-refractivity contribution is 6.04. The second-order valence-corrected chi connectivity index (χ2v) is 5.07. The molecule has 110 valence electrons. The maximum atomic E-state index is 13.6. The molecule has 0 aliphatic heterocycles. The molecular weight excluding hydrogens is 267 g/mol. The van der Waals surface area contributed by atoms with Crippen molar-refractivity contribution in [1.29, 1.82) is 0 Å². The predicted octanol–water partition coefficient (Wildman–Crippen LogP) is 3.29. The summed E-state index contributed by atoms with van der Waals surface area (Å²) in [6, 6.07) is 11.9. The summed E-state index contributed by atoms with van der Waals surface area (Å²) in [6.45, 7) is 2.15. The molecular formula is C17H20FN2O+. The van der Waals surface area contributed by atoms with Gasteiger partial charge >= 0.3 is 0 Å². The Labute approximate surface area is 124 Å². The van der Waals surface area contributed by atoms with Gasteiger partial charge in [0.2, 0.25) is 0 Å². The summed E-state index contributed by atoms with van der Waals surface area (Å²) in [5, 5.41) is 2.70. The van der Waals surface area contributed by atoms with E-state index in [4.69, 9.17) is 0 Å². The summed E-state index contributed by atoms with van der Waals surface area (Å²) in [6.07, 6.45) is 3.33. The van der Waals surface area contributed by atoms with Crippen LogP contribution in [0.5, 0.6) is 0 Å². The maximum absolute atomic E-state index is 13.6. The van der Waals surface area contributed by atoms with Crippen LogP contribution in [0, 0.1) is 5.82 Å². The van der Waals surface area contributed by atoms with Crippen molar-refractivity contribution in [3.63, 3.8) is 0 Å². The van der Waals surface area contributed by atoms with Crippen molar-refractivity contribution in [3.05, 3.63) is 59.4 Å². The van der Waals surface area contributed by atoms with Crippen LogP contribution >= 0.6 is 0 Å². The standard InChI is InChI=1S/C17H19FN2O/c1-2-3-4-12-5-8-14(9-6-12)20-17(21)15-11-13(19)7-10-16(15)18/h5-11H,2-4,19H2,1H3,(H,20,21)/p+1. The van der Waals surface area contributed by atoms with E-state index in [-0.39, 0.29) is 5.56 Å². The highest BCUT2D eigenvalue weighted by Crippen LogP contribution is 2.16. The molecule has 0 bridgehead atoms. The zero-order valence-corrected chi connectivity index (χ0v) is 12.2. The van der Waals surface area contributed by atoms with E-state index in [1.807, 2.05) is 24.3 Å². The molecule has 0 saturated carbocycles. The van der Waals surface area contributed by atoms with Crippen LogP contribution in [0.2, 0.25) is 0 Å². The average Bonchev–Trinajstić information content (AvgIpc) is 2.49. The van der Waals surface area contributed by atoms with Gasteiger partial charge in [-0.3, -0.25) is 4.79 Å². The molecule has 3 nitrogen and oxygen atoms in total. The van der Waals surface area contributed by atoms with E-state index in [9.17, 15) is 9.18 Å². The molecule has 0 atom stereocenters. The average molecular weight is 287 g/mol. The number of halogens is 1. The Hall–Kier alpha value is -2.20. The quantitative estimate of drug-likeness (QED) is 0.871. The van der Waals surface area contributed by atoms with Gasteiger partial charge in [-0.15, -0.1) is 0 Å². The lowest BCUT2D eigenvalue weighted by Crippen LogP contribution is -2.40. The minimum absolute atomic E-state index is 0.0116. The van der Waals surface area contributed by atoms with Gasteiger partial charge in [0.15, 0.2) is 0 Å². The van der Waals surface area contributed by atoms with Gasteiger partial charge in [-0.25, -0.2) is 4.39 Å². The molecule has 0 fully saturated rings. The number of unbranched alkanes of at least 4 members (excludes halogenated alkanes) is 1. The summed E-state index contributed by atoms with van der Waals surface area (Å²) in [5.41, 5.74) is 6.22. The third-order valence-electron chi connectivity index (χ3n) is 3.31. The summed E-state index contributed by atoms with van der Waals surface area (Å²) in [4.78, 5) is 12.1. The van der Waals surface area contributed by atoms with Gasteiger partial charge in [0.1, 0.15) is 11.5 Å². The van der Waals surface area contributed by atoms with Crippen LogP contribution in [-0.4, -0.2) is 5.91 Å². The molecule has 0 unspecified atom stereocenters. The Balaban J connectivity index is 2.07. The lowest BCUT2D eigenvalue weighted by Gasteiger charge is -2.07. The maximum Gasteiger partial charge on any atom is 0.258 e. The molecule has 1 amide bonds. The number of hydrogen-bond donors (Lipinski definition) is 2. The Morgan fingerprint density at radius 2 is 1.90 bits per heavy atom. The Morgan fingerprint density at radius 3 is 2.57 bits per heavy atom. The molecule has 0 aliphatic rings. The molecule has 2 rings (SSSR count). The second-order valence-electron chi connectivity index (χ2n) is 5.07. The first-order valence-electron chi connectivity index (χ1n) is 7.12. The van der Waals surface area contributed by atoms with E-state index < -0.39 is 11.7 Å². The van der Waals surface area contributed by atoms with E-state index in [0.717, 1.165) is 19.3 Å². The van der Waals surface area contributed by atoms with E-state index in [1.165, 1.54) is 23.8 Å². The van der Waals surface area contributed by atoms with Gasteiger partial charge < -0.3 is 11.1 Å². The number of aryl methyl sites for hydroxylation is 1. The number of nitrogens with one attached hydrogen (secondary N) is 1. The fourth-order valence-electron chi connectivity index (χ4n) is 2.08. The van der Waals surface area contributed by atoms with Crippen LogP contribution in [0.15, 0.2) is 42.5 Å². The third-order valence-corrected chi connectivity index (χ3v) is 3.31. The predicted molar refractivity (Wildman–Crippen MR) is 82.0 cm³/mol. The van der Waals surface area contributed by atoms with E-state index in [1.54, 1.807) is 0 Å². The Kier molecular flexibility index (Phi) is 5.06. The normalized spacial score (nSPS) is 10.4. The largest absolute Gasteiger partial charge is 0.325 e. The lowest BCUT2D eigenvalue weighted by atomic mass is 10.1. The van der Waals surface area contributed by atoms with Crippen molar-refractivity contribution in [1.82, 2.24) is 0 Å². The Bertz CT molecular complexity index is 623. The monoisotopic (exact) mass is 287 g/mol. The minimum atomic E-state index is -0.542. The number of benzene rings is 2. The van der Waals surface area contributed by atoms with Crippen molar-refractivity contribution < 1.29 is 14.9 Å². The molecule has 2 aromatic rings. The number of anilines is 1. The topological polar surface area (TPSA) is 56.7 Å². The molecule has 0 aromatic heterocycles. The Morgan fingerprint density at radius 1 is 1.19 bits per heavy atom. The molecule has 0 spiro atoms. The van der Waals surface area contributed by atoms with Crippen LogP contribution in [0.3, 0.4) is 0 Å². The van der Waals surface area contributed by atoms with Crippen molar-refractivity contribution in [2.45, 2.75) is 26.2 Å². The van der Waals surface area contributed by atoms with Gasteiger partial charge in [0.25, 0.3) is 5.91 Å². The van der Waals surface area contributed by atoms with Crippen LogP contribution < -0.4 is 11.1 Å². The zero-order valence-electron chi connectivity index (χ0n) is 12.2. The van der Waals surface area contributed by atoms with E-state index in [2.05, 4.69) is 18.0 Å². The van der Waals surface area contributed by atoms with Gasteiger partial charge in [0, 0.05) is 17.8 Å². The van der Waals surface area contributed by atoms with Crippen molar-refractivity contribution in [3.8, 4) is 0 Å². The van der Waals surface area contributed by atoms with Crippen LogP contribution in [0.25, 0.3) is 0 Å². The smallest absolute Gasteiger partial charge is 0.258 e.